The molecular formula is C11H17F3O4S. The number of esters is 1. The average molecular weight is 302 g/mol. The number of hydrogen-bond acceptors (Lipinski definition) is 4. The van der Waals surface area contributed by atoms with Gasteiger partial charge in [0.2, 0.25) is 0 Å². The Labute approximate surface area is 110 Å². The van der Waals surface area contributed by atoms with Crippen LogP contribution in [0.15, 0.2) is 0 Å². The van der Waals surface area contributed by atoms with Crippen molar-refractivity contribution in [1.82, 2.24) is 0 Å². The second-order valence-corrected chi connectivity index (χ2v) is 7.02. The van der Waals surface area contributed by atoms with E-state index in [4.69, 9.17) is 0 Å². The molecule has 0 aliphatic carbocycles. The molecule has 1 saturated heterocycles. The van der Waals surface area contributed by atoms with Crippen LogP contribution < -0.4 is 0 Å². The molecule has 0 N–H and O–H groups in total. The van der Waals surface area contributed by atoms with Crippen LogP contribution in [0.4, 0.5) is 13.2 Å². The fourth-order valence-corrected chi connectivity index (χ4v) is 3.49. The van der Waals surface area contributed by atoms with Crippen LogP contribution in [0.3, 0.4) is 0 Å². The minimum atomic E-state index is -4.32. The summed E-state index contributed by atoms with van der Waals surface area (Å²) in [5, 5.41) is 0. The summed E-state index contributed by atoms with van der Waals surface area (Å²) in [5.41, 5.74) is 0. The van der Waals surface area contributed by atoms with Crippen molar-refractivity contribution in [3.63, 3.8) is 0 Å². The Morgan fingerprint density at radius 1 is 1.21 bits per heavy atom. The maximum Gasteiger partial charge on any atom is 0.392 e. The van der Waals surface area contributed by atoms with E-state index < -0.39 is 35.0 Å². The summed E-state index contributed by atoms with van der Waals surface area (Å²) in [6.45, 7) is -0.651. The number of rotatable bonds is 5. The molecule has 112 valence electrons. The van der Waals surface area contributed by atoms with Gasteiger partial charge >= 0.3 is 12.1 Å². The van der Waals surface area contributed by atoms with Crippen LogP contribution in [0.1, 0.15) is 32.1 Å². The van der Waals surface area contributed by atoms with Crippen LogP contribution in [0.5, 0.6) is 0 Å². The zero-order chi connectivity index (χ0) is 14.5. The first kappa shape index (κ1) is 16.3. The van der Waals surface area contributed by atoms with Crippen LogP contribution in [0.25, 0.3) is 0 Å². The third kappa shape index (κ3) is 7.39. The Kier molecular flexibility index (Phi) is 5.64. The highest BCUT2D eigenvalue weighted by Crippen LogP contribution is 2.23. The van der Waals surface area contributed by atoms with E-state index in [-0.39, 0.29) is 23.8 Å². The van der Waals surface area contributed by atoms with Crippen molar-refractivity contribution in [3.8, 4) is 0 Å². The Bertz CT molecular complexity index is 389. The van der Waals surface area contributed by atoms with Crippen molar-refractivity contribution < 1.29 is 31.1 Å². The monoisotopic (exact) mass is 302 g/mol. The van der Waals surface area contributed by atoms with Crippen molar-refractivity contribution in [2.24, 2.45) is 5.92 Å². The van der Waals surface area contributed by atoms with Crippen molar-refractivity contribution in [3.05, 3.63) is 0 Å². The topological polar surface area (TPSA) is 60.4 Å². The standard InChI is InChI=1S/C11H17F3O4S/c12-11(13,14)5-6-18-10(15)2-1-9-3-7-19(16,17)8-4-9/h9H,1-8H2. The van der Waals surface area contributed by atoms with E-state index in [1.165, 1.54) is 0 Å². The fraction of sp³-hybridized carbons (Fsp3) is 0.909. The predicted molar refractivity (Wildman–Crippen MR) is 62.2 cm³/mol. The van der Waals surface area contributed by atoms with Gasteiger partial charge in [0.05, 0.1) is 24.5 Å². The SMILES string of the molecule is O=C(CCC1CCS(=O)(=O)CC1)OCCC(F)(F)F. The van der Waals surface area contributed by atoms with E-state index in [1.54, 1.807) is 0 Å². The highest BCUT2D eigenvalue weighted by Gasteiger charge is 2.27. The minimum Gasteiger partial charge on any atom is -0.465 e. The van der Waals surface area contributed by atoms with Gasteiger partial charge in [0, 0.05) is 6.42 Å². The molecule has 1 aliphatic heterocycles. The minimum absolute atomic E-state index is 0.0442. The molecule has 0 saturated carbocycles. The molecule has 0 aromatic carbocycles. The van der Waals surface area contributed by atoms with Gasteiger partial charge in [-0.1, -0.05) is 0 Å². The number of carbonyl (C=O) groups is 1. The van der Waals surface area contributed by atoms with Crippen LogP contribution in [0.2, 0.25) is 0 Å². The number of alkyl halides is 3. The molecule has 0 amide bonds. The average Bonchev–Trinajstić information content (AvgIpc) is 2.26. The van der Waals surface area contributed by atoms with Crippen molar-refractivity contribution in [1.29, 1.82) is 0 Å². The van der Waals surface area contributed by atoms with Gasteiger partial charge < -0.3 is 4.74 Å². The van der Waals surface area contributed by atoms with Crippen LogP contribution in [-0.4, -0.2) is 38.7 Å². The maximum absolute atomic E-state index is 11.8. The normalized spacial score (nSPS) is 20.2. The molecule has 8 heteroatoms. The van der Waals surface area contributed by atoms with E-state index in [2.05, 4.69) is 4.74 Å². The summed E-state index contributed by atoms with van der Waals surface area (Å²) in [4.78, 5) is 11.2. The third-order valence-electron chi connectivity index (χ3n) is 3.08. The molecule has 0 aromatic heterocycles. The molecule has 1 fully saturated rings. The van der Waals surface area contributed by atoms with E-state index in [1.807, 2.05) is 0 Å². The third-order valence-corrected chi connectivity index (χ3v) is 4.79. The molecule has 1 aliphatic rings. The summed E-state index contributed by atoms with van der Waals surface area (Å²) < 4.78 is 62.2. The maximum atomic E-state index is 11.8. The number of halogens is 3. The lowest BCUT2D eigenvalue weighted by molar-refractivity contribution is -0.159. The highest BCUT2D eigenvalue weighted by molar-refractivity contribution is 7.91. The Morgan fingerprint density at radius 2 is 1.79 bits per heavy atom. The first-order valence-electron chi connectivity index (χ1n) is 6.11. The molecule has 4 nitrogen and oxygen atoms in total. The number of sulfone groups is 1. The van der Waals surface area contributed by atoms with Gasteiger partial charge in [-0.3, -0.25) is 4.79 Å². The molecule has 19 heavy (non-hydrogen) atoms. The lowest BCUT2D eigenvalue weighted by Gasteiger charge is -2.21. The molecule has 0 spiro atoms. The lowest BCUT2D eigenvalue weighted by atomic mass is 9.97. The largest absolute Gasteiger partial charge is 0.465 e. The van der Waals surface area contributed by atoms with Crippen LogP contribution >= 0.6 is 0 Å². The van der Waals surface area contributed by atoms with Gasteiger partial charge in [0.25, 0.3) is 0 Å². The first-order valence-corrected chi connectivity index (χ1v) is 7.93. The van der Waals surface area contributed by atoms with Crippen LogP contribution in [0, 0.1) is 5.92 Å². The quantitative estimate of drug-likeness (QED) is 0.730. The predicted octanol–water partition coefficient (Wildman–Crippen LogP) is 2.09. The van der Waals surface area contributed by atoms with Gasteiger partial charge in [-0.25, -0.2) is 8.42 Å². The molecular weight excluding hydrogens is 285 g/mol. The summed E-state index contributed by atoms with van der Waals surface area (Å²) in [5.74, 6) is -0.266. The Morgan fingerprint density at radius 3 is 2.32 bits per heavy atom. The summed E-state index contributed by atoms with van der Waals surface area (Å²) >= 11 is 0. The van der Waals surface area contributed by atoms with Gasteiger partial charge in [-0.15, -0.1) is 0 Å². The molecule has 0 unspecified atom stereocenters. The zero-order valence-electron chi connectivity index (χ0n) is 10.4. The first-order chi connectivity index (χ1) is 8.68. The molecule has 1 rings (SSSR count). The van der Waals surface area contributed by atoms with Crippen LogP contribution in [-0.2, 0) is 19.4 Å². The fourth-order valence-electron chi connectivity index (χ4n) is 1.90. The molecule has 0 aromatic rings. The summed E-state index contributed by atoms with van der Waals surface area (Å²) in [6, 6.07) is 0. The lowest BCUT2D eigenvalue weighted by Crippen LogP contribution is -2.24. The molecule has 0 radical (unpaired) electrons. The van der Waals surface area contributed by atoms with Gasteiger partial charge in [-0.2, -0.15) is 13.2 Å². The van der Waals surface area contributed by atoms with Crippen molar-refractivity contribution in [2.75, 3.05) is 18.1 Å². The zero-order valence-corrected chi connectivity index (χ0v) is 11.2. The molecule has 0 atom stereocenters. The number of carbonyl (C=O) groups excluding carboxylic acids is 1. The van der Waals surface area contributed by atoms with Gasteiger partial charge in [-0.05, 0) is 25.2 Å². The van der Waals surface area contributed by atoms with E-state index in [0.29, 0.717) is 19.3 Å². The second-order valence-electron chi connectivity index (χ2n) is 4.72. The number of hydrogen-bond donors (Lipinski definition) is 0. The van der Waals surface area contributed by atoms with Gasteiger partial charge in [0.1, 0.15) is 9.84 Å². The van der Waals surface area contributed by atoms with Crippen molar-refractivity contribution >= 4 is 15.8 Å². The van der Waals surface area contributed by atoms with Gasteiger partial charge in [0.15, 0.2) is 0 Å². The smallest absolute Gasteiger partial charge is 0.392 e. The molecule has 1 heterocycles. The van der Waals surface area contributed by atoms with E-state index in [9.17, 15) is 26.4 Å². The summed E-state index contributed by atoms with van der Waals surface area (Å²) in [7, 11) is -2.93. The van der Waals surface area contributed by atoms with Crippen molar-refractivity contribution in [2.45, 2.75) is 38.3 Å². The van der Waals surface area contributed by atoms with E-state index in [0.717, 1.165) is 0 Å². The Hall–Kier alpha value is -0.790. The summed E-state index contributed by atoms with van der Waals surface area (Å²) in [6.07, 6.45) is -3.92. The number of ether oxygens (including phenoxy) is 1. The van der Waals surface area contributed by atoms with E-state index >= 15 is 0 Å². The highest BCUT2D eigenvalue weighted by atomic mass is 32.2. The second kappa shape index (κ2) is 6.58. The Balaban J connectivity index is 2.14. The molecule has 0 bridgehead atoms.